The summed E-state index contributed by atoms with van der Waals surface area (Å²) in [6.07, 6.45) is 1.79. The number of benzene rings is 1. The summed E-state index contributed by atoms with van der Waals surface area (Å²) in [6.45, 7) is 6.42. The SMILES string of the molecule is CC(C)c1c(CCN)cc(Br)c2c1OCCCO2. The molecule has 0 amide bonds. The maximum atomic E-state index is 5.91. The lowest BCUT2D eigenvalue weighted by Gasteiger charge is -2.20. The smallest absolute Gasteiger partial charge is 0.175 e. The Hall–Kier alpha value is -0.740. The number of hydrogen-bond donors (Lipinski definition) is 1. The number of fused-ring (bicyclic) bond motifs is 1. The predicted molar refractivity (Wildman–Crippen MR) is 76.6 cm³/mol. The summed E-state index contributed by atoms with van der Waals surface area (Å²) >= 11 is 3.58. The topological polar surface area (TPSA) is 44.5 Å². The van der Waals surface area contributed by atoms with E-state index in [1.807, 2.05) is 0 Å². The molecule has 0 saturated carbocycles. The third-order valence-electron chi connectivity index (χ3n) is 3.09. The van der Waals surface area contributed by atoms with Crippen LogP contribution in [0.5, 0.6) is 11.5 Å². The molecule has 0 bridgehead atoms. The number of nitrogens with two attached hydrogens (primary N) is 1. The van der Waals surface area contributed by atoms with Gasteiger partial charge >= 0.3 is 0 Å². The van der Waals surface area contributed by atoms with Crippen molar-refractivity contribution in [3.63, 3.8) is 0 Å². The summed E-state index contributed by atoms with van der Waals surface area (Å²) in [7, 11) is 0. The zero-order valence-electron chi connectivity index (χ0n) is 11.0. The van der Waals surface area contributed by atoms with Crippen molar-refractivity contribution >= 4 is 15.9 Å². The van der Waals surface area contributed by atoms with Gasteiger partial charge in [0.2, 0.25) is 0 Å². The molecule has 4 heteroatoms. The fourth-order valence-corrected chi connectivity index (χ4v) is 2.92. The van der Waals surface area contributed by atoms with E-state index in [1.54, 1.807) is 0 Å². The van der Waals surface area contributed by atoms with Crippen molar-refractivity contribution in [2.45, 2.75) is 32.6 Å². The first-order chi connectivity index (χ1) is 8.65. The molecule has 1 aromatic rings. The first kappa shape index (κ1) is 13.7. The molecule has 1 aromatic carbocycles. The lowest BCUT2D eigenvalue weighted by atomic mass is 9.93. The van der Waals surface area contributed by atoms with Gasteiger partial charge in [-0.05, 0) is 46.4 Å². The third kappa shape index (κ3) is 2.64. The van der Waals surface area contributed by atoms with E-state index in [4.69, 9.17) is 15.2 Å². The largest absolute Gasteiger partial charge is 0.489 e. The lowest BCUT2D eigenvalue weighted by Crippen LogP contribution is -2.09. The van der Waals surface area contributed by atoms with Gasteiger partial charge in [0.15, 0.2) is 11.5 Å². The molecule has 0 atom stereocenters. The van der Waals surface area contributed by atoms with Gasteiger partial charge in [-0.1, -0.05) is 13.8 Å². The normalized spacial score (nSPS) is 14.7. The molecule has 18 heavy (non-hydrogen) atoms. The first-order valence-corrected chi connectivity index (χ1v) is 7.25. The predicted octanol–water partition coefficient (Wildman–Crippen LogP) is 3.24. The molecular weight excluding hydrogens is 294 g/mol. The van der Waals surface area contributed by atoms with Crippen LogP contribution < -0.4 is 15.2 Å². The van der Waals surface area contributed by atoms with E-state index in [0.29, 0.717) is 25.7 Å². The van der Waals surface area contributed by atoms with Crippen LogP contribution in [0.15, 0.2) is 10.5 Å². The van der Waals surface area contributed by atoms with Gasteiger partial charge in [-0.2, -0.15) is 0 Å². The van der Waals surface area contributed by atoms with Crippen molar-refractivity contribution in [1.29, 1.82) is 0 Å². The van der Waals surface area contributed by atoms with E-state index in [1.165, 1.54) is 11.1 Å². The Morgan fingerprint density at radius 1 is 1.28 bits per heavy atom. The summed E-state index contributed by atoms with van der Waals surface area (Å²) in [5.41, 5.74) is 8.19. The van der Waals surface area contributed by atoms with Crippen molar-refractivity contribution in [2.24, 2.45) is 5.73 Å². The Bertz CT molecular complexity index is 432. The van der Waals surface area contributed by atoms with Gasteiger partial charge in [-0.25, -0.2) is 0 Å². The summed E-state index contributed by atoms with van der Waals surface area (Å²) < 4.78 is 12.7. The monoisotopic (exact) mass is 313 g/mol. The van der Waals surface area contributed by atoms with Crippen LogP contribution >= 0.6 is 15.9 Å². The highest BCUT2D eigenvalue weighted by Gasteiger charge is 2.23. The van der Waals surface area contributed by atoms with E-state index in [0.717, 1.165) is 28.8 Å². The minimum Gasteiger partial charge on any atom is -0.489 e. The molecule has 3 nitrogen and oxygen atoms in total. The summed E-state index contributed by atoms with van der Waals surface area (Å²) in [5, 5.41) is 0. The molecule has 0 spiro atoms. The summed E-state index contributed by atoms with van der Waals surface area (Å²) in [5.74, 6) is 2.15. The third-order valence-corrected chi connectivity index (χ3v) is 3.68. The second kappa shape index (κ2) is 5.93. The number of rotatable bonds is 3. The zero-order valence-corrected chi connectivity index (χ0v) is 12.5. The Morgan fingerprint density at radius 3 is 2.56 bits per heavy atom. The van der Waals surface area contributed by atoms with Crippen LogP contribution in [0.1, 0.15) is 37.3 Å². The summed E-state index contributed by atoms with van der Waals surface area (Å²) in [4.78, 5) is 0. The molecule has 0 unspecified atom stereocenters. The van der Waals surface area contributed by atoms with E-state index >= 15 is 0 Å². The first-order valence-electron chi connectivity index (χ1n) is 6.46. The van der Waals surface area contributed by atoms with Crippen molar-refractivity contribution in [3.05, 3.63) is 21.7 Å². The highest BCUT2D eigenvalue weighted by atomic mass is 79.9. The molecule has 0 fully saturated rings. The fraction of sp³-hybridized carbons (Fsp3) is 0.571. The van der Waals surface area contributed by atoms with Gasteiger partial charge < -0.3 is 15.2 Å². The number of halogens is 1. The molecule has 0 radical (unpaired) electrons. The molecule has 0 aromatic heterocycles. The van der Waals surface area contributed by atoms with Gasteiger partial charge in [0, 0.05) is 12.0 Å². The molecular formula is C14H20BrNO2. The second-order valence-electron chi connectivity index (χ2n) is 4.83. The number of hydrogen-bond acceptors (Lipinski definition) is 3. The van der Waals surface area contributed by atoms with Gasteiger partial charge in [-0.3, -0.25) is 0 Å². The Labute approximate surface area is 117 Å². The van der Waals surface area contributed by atoms with E-state index in [2.05, 4.69) is 35.8 Å². The molecule has 1 aliphatic heterocycles. The van der Waals surface area contributed by atoms with Crippen molar-refractivity contribution < 1.29 is 9.47 Å². The lowest BCUT2D eigenvalue weighted by molar-refractivity contribution is 0.295. The van der Waals surface area contributed by atoms with E-state index in [9.17, 15) is 0 Å². The van der Waals surface area contributed by atoms with Crippen LogP contribution in [0.3, 0.4) is 0 Å². The van der Waals surface area contributed by atoms with Gasteiger partial charge in [0.05, 0.1) is 17.7 Å². The van der Waals surface area contributed by atoms with Crippen LogP contribution in [0, 0.1) is 0 Å². The average molecular weight is 314 g/mol. The van der Waals surface area contributed by atoms with Crippen molar-refractivity contribution in [3.8, 4) is 11.5 Å². The maximum absolute atomic E-state index is 5.91. The fourth-order valence-electron chi connectivity index (χ4n) is 2.35. The molecule has 0 aliphatic carbocycles. The molecule has 1 heterocycles. The molecule has 2 N–H and O–H groups in total. The standard InChI is InChI=1S/C14H20BrNO2/c1-9(2)12-10(4-5-16)8-11(15)13-14(12)18-7-3-6-17-13/h8-9H,3-7,16H2,1-2H3. The van der Waals surface area contributed by atoms with Crippen LogP contribution in [-0.2, 0) is 6.42 Å². The molecule has 100 valence electrons. The minimum atomic E-state index is 0.398. The Kier molecular flexibility index (Phi) is 4.51. The van der Waals surface area contributed by atoms with E-state index < -0.39 is 0 Å². The quantitative estimate of drug-likeness (QED) is 0.931. The van der Waals surface area contributed by atoms with Crippen molar-refractivity contribution in [1.82, 2.24) is 0 Å². The van der Waals surface area contributed by atoms with E-state index in [-0.39, 0.29) is 0 Å². The minimum absolute atomic E-state index is 0.398. The maximum Gasteiger partial charge on any atom is 0.175 e. The zero-order chi connectivity index (χ0) is 13.1. The second-order valence-corrected chi connectivity index (χ2v) is 5.69. The van der Waals surface area contributed by atoms with Crippen LogP contribution in [0.4, 0.5) is 0 Å². The van der Waals surface area contributed by atoms with Gasteiger partial charge in [0.1, 0.15) is 0 Å². The number of ether oxygens (including phenoxy) is 2. The Morgan fingerprint density at radius 2 is 1.94 bits per heavy atom. The van der Waals surface area contributed by atoms with Crippen LogP contribution in [-0.4, -0.2) is 19.8 Å². The highest BCUT2D eigenvalue weighted by molar-refractivity contribution is 9.10. The van der Waals surface area contributed by atoms with Gasteiger partial charge in [-0.15, -0.1) is 0 Å². The van der Waals surface area contributed by atoms with Gasteiger partial charge in [0.25, 0.3) is 0 Å². The van der Waals surface area contributed by atoms with Crippen LogP contribution in [0.2, 0.25) is 0 Å². The average Bonchev–Trinajstić information content (AvgIpc) is 2.55. The van der Waals surface area contributed by atoms with Crippen molar-refractivity contribution in [2.75, 3.05) is 19.8 Å². The highest BCUT2D eigenvalue weighted by Crippen LogP contribution is 2.44. The molecule has 0 saturated heterocycles. The molecule has 1 aliphatic rings. The molecule has 2 rings (SSSR count). The van der Waals surface area contributed by atoms with Crippen LogP contribution in [0.25, 0.3) is 0 Å². The summed E-state index contributed by atoms with van der Waals surface area (Å²) in [6, 6.07) is 2.12. The Balaban J connectivity index is 2.57.